The van der Waals surface area contributed by atoms with E-state index >= 15 is 0 Å². The monoisotopic (exact) mass is 454 g/mol. The highest BCUT2D eigenvalue weighted by Gasteiger charge is 2.37. The van der Waals surface area contributed by atoms with Crippen LogP contribution in [0, 0.1) is 0 Å². The Hall–Kier alpha value is -1.75. The quantitative estimate of drug-likeness (QED) is 0.588. The third-order valence-electron chi connectivity index (χ3n) is 6.03. The van der Waals surface area contributed by atoms with E-state index in [2.05, 4.69) is 25.6 Å². The van der Waals surface area contributed by atoms with E-state index in [-0.39, 0.29) is 12.1 Å². The predicted molar refractivity (Wildman–Crippen MR) is 117 cm³/mol. The molecule has 164 valence electrons. The van der Waals surface area contributed by atoms with Crippen LogP contribution in [0.1, 0.15) is 39.0 Å². The molecule has 2 aliphatic rings. The van der Waals surface area contributed by atoms with Gasteiger partial charge in [-0.3, -0.25) is 0 Å². The Labute approximate surface area is 181 Å². The number of hydrogen-bond donors (Lipinski definition) is 3. The highest BCUT2D eigenvalue weighted by molar-refractivity contribution is 7.88. The third-order valence-corrected chi connectivity index (χ3v) is 7.52. The lowest BCUT2D eigenvalue weighted by Crippen LogP contribution is -2.42. The van der Waals surface area contributed by atoms with Gasteiger partial charge in [0.25, 0.3) is 0 Å². The van der Waals surface area contributed by atoms with Crippen LogP contribution in [-0.2, 0) is 10.0 Å². The van der Waals surface area contributed by atoms with E-state index in [4.69, 9.17) is 11.6 Å². The van der Waals surface area contributed by atoms with E-state index in [9.17, 15) is 13.5 Å². The van der Waals surface area contributed by atoms with E-state index in [0.29, 0.717) is 48.4 Å². The molecular formula is C19H27ClN6O3S. The molecule has 3 heterocycles. The van der Waals surface area contributed by atoms with Crippen LogP contribution in [0.25, 0.3) is 10.9 Å². The highest BCUT2D eigenvalue weighted by atomic mass is 35.5. The maximum Gasteiger partial charge on any atom is 0.223 e. The Kier molecular flexibility index (Phi) is 5.78. The largest absolute Gasteiger partial charge is 0.388 e. The second-order valence-corrected chi connectivity index (χ2v) is 10.8. The Morgan fingerprint density at radius 2 is 1.97 bits per heavy atom. The molecule has 1 aliphatic heterocycles. The highest BCUT2D eigenvalue weighted by Crippen LogP contribution is 2.33. The van der Waals surface area contributed by atoms with Gasteiger partial charge in [-0.25, -0.2) is 27.7 Å². The number of anilines is 2. The zero-order valence-electron chi connectivity index (χ0n) is 17.1. The van der Waals surface area contributed by atoms with Crippen LogP contribution in [0.3, 0.4) is 0 Å². The number of aliphatic hydroxyl groups is 1. The first kappa shape index (κ1) is 21.5. The minimum Gasteiger partial charge on any atom is -0.388 e. The van der Waals surface area contributed by atoms with Crippen molar-refractivity contribution in [2.24, 2.45) is 0 Å². The summed E-state index contributed by atoms with van der Waals surface area (Å²) in [7, 11) is -3.16. The number of fused-ring (bicyclic) bond motifs is 1. The molecule has 0 aromatic carbocycles. The molecule has 3 N–H and O–H groups in total. The first-order valence-electron chi connectivity index (χ1n) is 10.2. The lowest BCUT2D eigenvalue weighted by molar-refractivity contribution is 0.0578. The van der Waals surface area contributed by atoms with Gasteiger partial charge in [0.1, 0.15) is 10.7 Å². The summed E-state index contributed by atoms with van der Waals surface area (Å²) in [6, 6.07) is 1.68. The van der Waals surface area contributed by atoms with E-state index in [1.54, 1.807) is 12.3 Å². The van der Waals surface area contributed by atoms with Crippen LogP contribution in [0.2, 0.25) is 5.15 Å². The molecule has 0 radical (unpaired) electrons. The molecule has 11 heteroatoms. The van der Waals surface area contributed by atoms with Gasteiger partial charge in [-0.15, -0.1) is 0 Å². The van der Waals surface area contributed by atoms with Gasteiger partial charge < -0.3 is 15.7 Å². The van der Waals surface area contributed by atoms with Crippen LogP contribution in [0.4, 0.5) is 11.8 Å². The Bertz CT molecular complexity index is 1040. The van der Waals surface area contributed by atoms with Crippen LogP contribution < -0.4 is 10.6 Å². The van der Waals surface area contributed by atoms with Gasteiger partial charge in [-0.2, -0.15) is 0 Å². The number of rotatable bonds is 5. The minimum absolute atomic E-state index is 0.0904. The van der Waals surface area contributed by atoms with Crippen LogP contribution in [0.15, 0.2) is 12.3 Å². The summed E-state index contributed by atoms with van der Waals surface area (Å²) in [6.07, 6.45) is 6.82. The van der Waals surface area contributed by atoms with Crippen LogP contribution >= 0.6 is 11.6 Å². The molecule has 4 rings (SSSR count). The second kappa shape index (κ2) is 8.07. The molecule has 9 nitrogen and oxygen atoms in total. The van der Waals surface area contributed by atoms with Crippen molar-refractivity contribution in [1.29, 1.82) is 0 Å². The molecule has 2 aromatic heterocycles. The fraction of sp³-hybridized carbons (Fsp3) is 0.632. The molecule has 1 saturated carbocycles. The fourth-order valence-corrected chi connectivity index (χ4v) is 5.31. The summed E-state index contributed by atoms with van der Waals surface area (Å²) in [4.78, 5) is 13.4. The number of nitrogens with zero attached hydrogens (tertiary/aromatic N) is 4. The van der Waals surface area contributed by atoms with E-state index in [1.807, 2.05) is 6.92 Å². The number of aromatic nitrogens is 3. The second-order valence-electron chi connectivity index (χ2n) is 8.45. The van der Waals surface area contributed by atoms with E-state index in [1.165, 1.54) is 10.6 Å². The summed E-state index contributed by atoms with van der Waals surface area (Å²) in [5.41, 5.74) is -0.175. The molecule has 0 bridgehead atoms. The standard InChI is InChI=1S/C19H27ClN6O3S/c1-19(27)7-3-4-14(19)23-17-16-12(10-15(20)24-17)11-21-18(25-16)22-13-5-8-26(9-6-13)30(2,28)29/h10-11,13-14,27H,3-9H2,1-2H3,(H,23,24)(H,21,22,25)/t14-,19-/m1/s1. The van der Waals surface area contributed by atoms with E-state index in [0.717, 1.165) is 24.6 Å². The van der Waals surface area contributed by atoms with Crippen molar-refractivity contribution in [1.82, 2.24) is 19.3 Å². The number of pyridine rings is 1. The summed E-state index contributed by atoms with van der Waals surface area (Å²) in [5.74, 6) is 0.993. The summed E-state index contributed by atoms with van der Waals surface area (Å²) in [5, 5.41) is 18.3. The zero-order valence-corrected chi connectivity index (χ0v) is 18.7. The fourth-order valence-electron chi connectivity index (χ4n) is 4.23. The third kappa shape index (κ3) is 4.61. The first-order valence-corrected chi connectivity index (χ1v) is 12.4. The molecule has 0 amide bonds. The first-order chi connectivity index (χ1) is 14.1. The normalized spacial score (nSPS) is 26.2. The number of piperidine rings is 1. The van der Waals surface area contributed by atoms with Gasteiger partial charge in [-0.05, 0) is 45.1 Å². The molecular weight excluding hydrogens is 428 g/mol. The smallest absolute Gasteiger partial charge is 0.223 e. The average molecular weight is 455 g/mol. The van der Waals surface area contributed by atoms with Gasteiger partial charge in [0.2, 0.25) is 16.0 Å². The number of nitrogens with one attached hydrogen (secondary N) is 2. The SMILES string of the molecule is C[C@@]1(O)CCC[C@H]1Nc1nc(Cl)cc2cnc(NC3CCN(S(C)(=O)=O)CC3)nc12. The van der Waals surface area contributed by atoms with Crippen molar-refractivity contribution >= 4 is 44.3 Å². The van der Waals surface area contributed by atoms with Gasteiger partial charge in [0.05, 0.1) is 17.9 Å². The summed E-state index contributed by atoms with van der Waals surface area (Å²) in [6.45, 7) is 2.78. The molecule has 30 heavy (non-hydrogen) atoms. The van der Waals surface area contributed by atoms with Crippen LogP contribution in [-0.4, -0.2) is 69.8 Å². The van der Waals surface area contributed by atoms with Crippen molar-refractivity contribution in [2.75, 3.05) is 30.0 Å². The van der Waals surface area contributed by atoms with Crippen molar-refractivity contribution < 1.29 is 13.5 Å². The maximum atomic E-state index is 11.7. The molecule has 2 atom stereocenters. The number of sulfonamides is 1. The van der Waals surface area contributed by atoms with Crippen molar-refractivity contribution in [3.8, 4) is 0 Å². The van der Waals surface area contributed by atoms with Crippen molar-refractivity contribution in [2.45, 2.75) is 56.7 Å². The predicted octanol–water partition coefficient (Wildman–Crippen LogP) is 2.23. The lowest BCUT2D eigenvalue weighted by Gasteiger charge is -2.30. The molecule has 2 aromatic rings. The van der Waals surface area contributed by atoms with Gasteiger partial charge >= 0.3 is 0 Å². The maximum absolute atomic E-state index is 11.7. The number of hydrogen-bond acceptors (Lipinski definition) is 8. The summed E-state index contributed by atoms with van der Waals surface area (Å²) >= 11 is 6.19. The van der Waals surface area contributed by atoms with Crippen molar-refractivity contribution in [3.63, 3.8) is 0 Å². The molecule has 1 saturated heterocycles. The Balaban J connectivity index is 1.54. The minimum atomic E-state index is -3.16. The molecule has 1 aliphatic carbocycles. The van der Waals surface area contributed by atoms with Gasteiger partial charge in [0.15, 0.2) is 5.82 Å². The Morgan fingerprint density at radius 1 is 1.23 bits per heavy atom. The molecule has 0 spiro atoms. The summed E-state index contributed by atoms with van der Waals surface area (Å²) < 4.78 is 24.9. The molecule has 2 fully saturated rings. The Morgan fingerprint density at radius 3 is 2.60 bits per heavy atom. The number of halogens is 1. The van der Waals surface area contributed by atoms with Gasteiger partial charge in [-0.1, -0.05) is 11.6 Å². The zero-order chi connectivity index (χ0) is 21.5. The van der Waals surface area contributed by atoms with Crippen LogP contribution in [0.5, 0.6) is 0 Å². The average Bonchev–Trinajstić information content (AvgIpc) is 3.00. The topological polar surface area (TPSA) is 120 Å². The van der Waals surface area contributed by atoms with Gasteiger partial charge in [0, 0.05) is 30.7 Å². The molecule has 0 unspecified atom stereocenters. The van der Waals surface area contributed by atoms with Crippen molar-refractivity contribution in [3.05, 3.63) is 17.4 Å². The lowest BCUT2D eigenvalue weighted by atomic mass is 10.0. The van der Waals surface area contributed by atoms with E-state index < -0.39 is 15.6 Å².